The SMILES string of the molecule is Cc1ccc(CN2CC[N+]([O-])(CN=[N+]=[N-])CC2)cc1. The molecule has 2 rings (SSSR count). The summed E-state index contributed by atoms with van der Waals surface area (Å²) in [7, 11) is 0. The highest BCUT2D eigenvalue weighted by atomic mass is 16.5. The van der Waals surface area contributed by atoms with Crippen LogP contribution in [0.5, 0.6) is 0 Å². The Bertz CT molecular complexity index is 458. The monoisotopic (exact) mass is 261 g/mol. The number of nitrogens with zero attached hydrogens (tertiary/aromatic N) is 5. The summed E-state index contributed by atoms with van der Waals surface area (Å²) in [6, 6.07) is 8.47. The fourth-order valence-corrected chi connectivity index (χ4v) is 2.27. The van der Waals surface area contributed by atoms with Gasteiger partial charge >= 0.3 is 0 Å². The molecule has 6 nitrogen and oxygen atoms in total. The van der Waals surface area contributed by atoms with Crippen molar-refractivity contribution in [3.63, 3.8) is 0 Å². The maximum Gasteiger partial charge on any atom is 0.159 e. The minimum absolute atomic E-state index is 0.00880. The van der Waals surface area contributed by atoms with Crippen LogP contribution in [0.15, 0.2) is 29.4 Å². The molecule has 102 valence electrons. The number of hydroxylamine groups is 3. The van der Waals surface area contributed by atoms with E-state index in [1.165, 1.54) is 11.1 Å². The second-order valence-electron chi connectivity index (χ2n) is 5.14. The highest BCUT2D eigenvalue weighted by Gasteiger charge is 2.24. The Morgan fingerprint density at radius 2 is 1.95 bits per heavy atom. The molecule has 6 heteroatoms. The lowest BCUT2D eigenvalue weighted by molar-refractivity contribution is -0.884. The third kappa shape index (κ3) is 3.94. The maximum atomic E-state index is 12.2. The second kappa shape index (κ2) is 6.04. The van der Waals surface area contributed by atoms with E-state index in [1.54, 1.807) is 0 Å². The van der Waals surface area contributed by atoms with Crippen molar-refractivity contribution in [1.82, 2.24) is 4.90 Å². The van der Waals surface area contributed by atoms with Crippen molar-refractivity contribution >= 4 is 0 Å². The van der Waals surface area contributed by atoms with Gasteiger partial charge in [0.05, 0.1) is 13.1 Å². The van der Waals surface area contributed by atoms with E-state index in [4.69, 9.17) is 5.53 Å². The summed E-state index contributed by atoms with van der Waals surface area (Å²) in [6.45, 7) is 5.44. The lowest BCUT2D eigenvalue weighted by atomic mass is 10.1. The zero-order valence-electron chi connectivity index (χ0n) is 11.2. The summed E-state index contributed by atoms with van der Waals surface area (Å²) < 4.78 is -0.394. The number of piperazine rings is 1. The summed E-state index contributed by atoms with van der Waals surface area (Å²) >= 11 is 0. The normalized spacial score (nSPS) is 18.8. The molecular weight excluding hydrogens is 242 g/mol. The highest BCUT2D eigenvalue weighted by Crippen LogP contribution is 2.14. The second-order valence-corrected chi connectivity index (χ2v) is 5.14. The Balaban J connectivity index is 1.86. The van der Waals surface area contributed by atoms with Crippen LogP contribution in [0.3, 0.4) is 0 Å². The fourth-order valence-electron chi connectivity index (χ4n) is 2.27. The standard InChI is InChI=1S/C13H19N5O/c1-12-2-4-13(5-3-12)10-17-6-8-18(19,9-7-17)11-15-16-14/h2-5H,6-11H2,1H3. The molecule has 0 aromatic heterocycles. The Labute approximate surface area is 113 Å². The van der Waals surface area contributed by atoms with Crippen molar-refractivity contribution < 1.29 is 4.65 Å². The minimum atomic E-state index is -0.394. The summed E-state index contributed by atoms with van der Waals surface area (Å²) in [5.41, 5.74) is 10.8. The molecule has 1 saturated heterocycles. The van der Waals surface area contributed by atoms with Crippen LogP contribution in [0.2, 0.25) is 0 Å². The van der Waals surface area contributed by atoms with Crippen molar-refractivity contribution in [2.75, 3.05) is 32.8 Å². The quantitative estimate of drug-likeness (QED) is 0.274. The van der Waals surface area contributed by atoms with Gasteiger partial charge in [-0.05, 0) is 23.1 Å². The summed E-state index contributed by atoms with van der Waals surface area (Å²) in [4.78, 5) is 4.94. The molecule has 0 aliphatic carbocycles. The Kier molecular flexibility index (Phi) is 4.39. The van der Waals surface area contributed by atoms with E-state index in [0.29, 0.717) is 13.1 Å². The number of quaternary nitrogens is 1. The van der Waals surface area contributed by atoms with Crippen molar-refractivity contribution in [3.8, 4) is 0 Å². The van der Waals surface area contributed by atoms with Gasteiger partial charge in [0.1, 0.15) is 0 Å². The van der Waals surface area contributed by atoms with Gasteiger partial charge in [0.15, 0.2) is 6.67 Å². The van der Waals surface area contributed by atoms with Gasteiger partial charge in [0.25, 0.3) is 0 Å². The summed E-state index contributed by atoms with van der Waals surface area (Å²) in [5.74, 6) is 0. The van der Waals surface area contributed by atoms with E-state index in [-0.39, 0.29) is 6.67 Å². The molecule has 19 heavy (non-hydrogen) atoms. The summed E-state index contributed by atoms with van der Waals surface area (Å²) in [6.07, 6.45) is 0. The van der Waals surface area contributed by atoms with Gasteiger partial charge < -0.3 is 9.85 Å². The molecule has 0 unspecified atom stereocenters. The molecule has 0 saturated carbocycles. The highest BCUT2D eigenvalue weighted by molar-refractivity contribution is 5.21. The number of benzene rings is 1. The number of aryl methyl sites for hydroxylation is 1. The molecule has 1 aliphatic rings. The van der Waals surface area contributed by atoms with Crippen molar-refractivity contribution in [3.05, 3.63) is 51.0 Å². The van der Waals surface area contributed by atoms with E-state index in [0.717, 1.165) is 19.6 Å². The zero-order chi connectivity index (χ0) is 13.7. The Morgan fingerprint density at radius 1 is 1.32 bits per heavy atom. The van der Waals surface area contributed by atoms with E-state index >= 15 is 0 Å². The number of rotatable bonds is 4. The Morgan fingerprint density at radius 3 is 2.53 bits per heavy atom. The van der Waals surface area contributed by atoms with E-state index in [9.17, 15) is 5.21 Å². The molecule has 0 spiro atoms. The van der Waals surface area contributed by atoms with Gasteiger partial charge in [-0.2, -0.15) is 0 Å². The molecule has 0 atom stereocenters. The van der Waals surface area contributed by atoms with Crippen LogP contribution >= 0.6 is 0 Å². The largest absolute Gasteiger partial charge is 0.633 e. The van der Waals surface area contributed by atoms with Gasteiger partial charge in [-0.25, -0.2) is 0 Å². The van der Waals surface area contributed by atoms with Crippen LogP contribution in [-0.4, -0.2) is 42.4 Å². The van der Waals surface area contributed by atoms with Crippen LogP contribution in [0, 0.1) is 12.1 Å². The smallest absolute Gasteiger partial charge is 0.159 e. The average Bonchev–Trinajstić information content (AvgIpc) is 2.42. The predicted octanol–water partition coefficient (Wildman–Crippen LogP) is 2.39. The molecule has 1 heterocycles. The molecule has 1 aromatic carbocycles. The van der Waals surface area contributed by atoms with Gasteiger partial charge in [0.2, 0.25) is 0 Å². The topological polar surface area (TPSA) is 75.1 Å². The molecule has 0 radical (unpaired) electrons. The molecular formula is C13H19N5O. The van der Waals surface area contributed by atoms with Crippen molar-refractivity contribution in [1.29, 1.82) is 0 Å². The third-order valence-corrected chi connectivity index (χ3v) is 3.56. The van der Waals surface area contributed by atoms with E-state index in [2.05, 4.69) is 46.1 Å². The number of hydrogen-bond acceptors (Lipinski definition) is 3. The fraction of sp³-hybridized carbons (Fsp3) is 0.538. The number of azide groups is 1. The van der Waals surface area contributed by atoms with E-state index < -0.39 is 4.65 Å². The van der Waals surface area contributed by atoms with Gasteiger partial charge in [-0.3, -0.25) is 4.90 Å². The van der Waals surface area contributed by atoms with Crippen LogP contribution < -0.4 is 0 Å². The van der Waals surface area contributed by atoms with Crippen LogP contribution in [0.25, 0.3) is 10.4 Å². The first-order chi connectivity index (χ1) is 9.11. The summed E-state index contributed by atoms with van der Waals surface area (Å²) in [5, 5.41) is 15.6. The van der Waals surface area contributed by atoms with Crippen molar-refractivity contribution in [2.24, 2.45) is 5.11 Å². The first kappa shape index (κ1) is 13.8. The van der Waals surface area contributed by atoms with Gasteiger partial charge in [-0.15, -0.1) is 0 Å². The third-order valence-electron chi connectivity index (χ3n) is 3.56. The molecule has 1 aromatic rings. The molecule has 1 aliphatic heterocycles. The maximum absolute atomic E-state index is 12.2. The molecule has 1 fully saturated rings. The zero-order valence-corrected chi connectivity index (χ0v) is 11.2. The molecule has 0 amide bonds. The first-order valence-corrected chi connectivity index (χ1v) is 6.47. The molecule has 0 bridgehead atoms. The van der Waals surface area contributed by atoms with Crippen LogP contribution in [0.4, 0.5) is 0 Å². The van der Waals surface area contributed by atoms with E-state index in [1.807, 2.05) is 0 Å². The average molecular weight is 261 g/mol. The number of hydrogen-bond donors (Lipinski definition) is 0. The van der Waals surface area contributed by atoms with Crippen LogP contribution in [0.1, 0.15) is 11.1 Å². The molecule has 0 N–H and O–H groups in total. The first-order valence-electron chi connectivity index (χ1n) is 6.47. The van der Waals surface area contributed by atoms with Crippen LogP contribution in [-0.2, 0) is 6.54 Å². The Hall–Kier alpha value is -1.59. The lowest BCUT2D eigenvalue weighted by Gasteiger charge is -2.47. The minimum Gasteiger partial charge on any atom is -0.633 e. The van der Waals surface area contributed by atoms with Gasteiger partial charge in [0, 0.05) is 24.5 Å². The predicted molar refractivity (Wildman–Crippen MR) is 73.8 cm³/mol. The lowest BCUT2D eigenvalue weighted by Crippen LogP contribution is -2.55. The van der Waals surface area contributed by atoms with Gasteiger partial charge in [-0.1, -0.05) is 29.8 Å². The van der Waals surface area contributed by atoms with Crippen molar-refractivity contribution in [2.45, 2.75) is 13.5 Å².